The molecule has 5 N–H and O–H groups in total. The first-order valence-electron chi connectivity index (χ1n) is 12.6. The Labute approximate surface area is 257 Å². The van der Waals surface area contributed by atoms with E-state index in [2.05, 4.69) is 59.7 Å². The van der Waals surface area contributed by atoms with Gasteiger partial charge in [-0.15, -0.1) is 0 Å². The Morgan fingerprint density at radius 3 is 1.69 bits per heavy atom. The number of ether oxygens (including phenoxy) is 1. The van der Waals surface area contributed by atoms with E-state index in [1.165, 1.54) is 19.2 Å². The van der Waals surface area contributed by atoms with E-state index in [-0.39, 0.29) is 27.4 Å². The molecular weight excluding hydrogens is 613 g/mol. The number of hydrogen-bond acceptors (Lipinski definition) is 11. The maximum atomic E-state index is 13.8. The van der Waals surface area contributed by atoms with Crippen LogP contribution in [0, 0.1) is 18.6 Å². The number of nitrogens with zero attached hydrogens (tertiary/aromatic N) is 6. The lowest BCUT2D eigenvalue weighted by Crippen LogP contribution is -2.12. The number of benzene rings is 2. The number of aryl methyl sites for hydroxylation is 1. The van der Waals surface area contributed by atoms with Crippen molar-refractivity contribution in [1.82, 2.24) is 29.9 Å². The zero-order chi connectivity index (χ0) is 31.1. The van der Waals surface area contributed by atoms with Gasteiger partial charge in [0.25, 0.3) is 0 Å². The summed E-state index contributed by atoms with van der Waals surface area (Å²) in [6.07, 6.45) is 1.91. The van der Waals surface area contributed by atoms with Crippen molar-refractivity contribution in [3.05, 3.63) is 69.4 Å². The Bertz CT molecular complexity index is 1360. The summed E-state index contributed by atoms with van der Waals surface area (Å²) in [6, 6.07) is 9.23. The van der Waals surface area contributed by atoms with Gasteiger partial charge in [0.1, 0.15) is 5.82 Å². The minimum Gasteiger partial charge on any atom is -0.494 e. The molecule has 226 valence electrons. The lowest BCUT2D eigenvalue weighted by atomic mass is 10.2. The summed E-state index contributed by atoms with van der Waals surface area (Å²) in [4.78, 5) is 23.3. The SMILES string of the molecule is CCCNc1nc(NCCC)nc(Nc2ccc(OC)c(F)c2)n1.Cc1ccc(N)cc1F.Clc1nc(Cl)nc(Cl)n1. The number of anilines is 5. The predicted molar refractivity (Wildman–Crippen MR) is 164 cm³/mol. The quantitative estimate of drug-likeness (QED) is 0.140. The van der Waals surface area contributed by atoms with Gasteiger partial charge in [0.2, 0.25) is 33.7 Å². The number of rotatable bonds is 9. The van der Waals surface area contributed by atoms with E-state index in [1.54, 1.807) is 31.2 Å². The number of nitrogen functional groups attached to an aromatic ring is 1. The molecule has 16 heteroatoms. The van der Waals surface area contributed by atoms with Gasteiger partial charge >= 0.3 is 0 Å². The Morgan fingerprint density at radius 2 is 1.26 bits per heavy atom. The lowest BCUT2D eigenvalue weighted by molar-refractivity contribution is 0.386. The number of methoxy groups -OCH3 is 1. The third-order valence-electron chi connectivity index (χ3n) is 4.86. The molecule has 0 radical (unpaired) electrons. The molecule has 2 aromatic carbocycles. The number of nitrogens with two attached hydrogens (primary N) is 1. The van der Waals surface area contributed by atoms with E-state index >= 15 is 0 Å². The molecule has 11 nitrogen and oxygen atoms in total. The third-order valence-corrected chi connectivity index (χ3v) is 5.37. The highest BCUT2D eigenvalue weighted by Gasteiger charge is 2.09. The topological polar surface area (TPSA) is 149 Å². The highest BCUT2D eigenvalue weighted by Crippen LogP contribution is 2.23. The van der Waals surface area contributed by atoms with Gasteiger partial charge in [-0.05, 0) is 84.4 Å². The van der Waals surface area contributed by atoms with Crippen LogP contribution in [0.1, 0.15) is 32.3 Å². The fourth-order valence-corrected chi connectivity index (χ4v) is 3.46. The molecule has 0 atom stereocenters. The molecule has 0 spiro atoms. The van der Waals surface area contributed by atoms with Crippen LogP contribution in [0.25, 0.3) is 0 Å². The molecule has 0 fully saturated rings. The van der Waals surface area contributed by atoms with Crippen molar-refractivity contribution in [1.29, 1.82) is 0 Å². The average Bonchev–Trinajstić information content (AvgIpc) is 2.93. The zero-order valence-corrected chi connectivity index (χ0v) is 25.6. The van der Waals surface area contributed by atoms with Crippen LogP contribution < -0.4 is 26.4 Å². The largest absolute Gasteiger partial charge is 0.494 e. The maximum Gasteiger partial charge on any atom is 0.233 e. The second-order valence-electron chi connectivity index (χ2n) is 8.29. The van der Waals surface area contributed by atoms with Crippen molar-refractivity contribution in [2.45, 2.75) is 33.6 Å². The number of halogens is 5. The minimum atomic E-state index is -0.454. The molecule has 0 aliphatic rings. The molecule has 2 aromatic heterocycles. The van der Waals surface area contributed by atoms with Crippen molar-refractivity contribution in [3.63, 3.8) is 0 Å². The molecule has 42 heavy (non-hydrogen) atoms. The van der Waals surface area contributed by atoms with E-state index in [0.717, 1.165) is 25.9 Å². The van der Waals surface area contributed by atoms with Crippen molar-refractivity contribution in [3.8, 4) is 5.75 Å². The number of aromatic nitrogens is 6. The molecule has 0 aliphatic heterocycles. The molecule has 0 saturated carbocycles. The Balaban J connectivity index is 0.000000277. The van der Waals surface area contributed by atoms with Crippen LogP contribution in [-0.2, 0) is 0 Å². The monoisotopic (exact) mass is 642 g/mol. The van der Waals surface area contributed by atoms with Crippen molar-refractivity contribution in [2.24, 2.45) is 0 Å². The average molecular weight is 644 g/mol. The Kier molecular flexibility index (Phi) is 14.6. The summed E-state index contributed by atoms with van der Waals surface area (Å²) in [7, 11) is 1.43. The van der Waals surface area contributed by atoms with Crippen LogP contribution in [0.2, 0.25) is 15.9 Å². The van der Waals surface area contributed by atoms with Gasteiger partial charge in [-0.1, -0.05) is 19.9 Å². The van der Waals surface area contributed by atoms with Crippen LogP contribution >= 0.6 is 34.8 Å². The predicted octanol–water partition coefficient (Wildman–Crippen LogP) is 6.95. The fourth-order valence-electron chi connectivity index (χ4n) is 2.85. The Hall–Kier alpha value is -3.81. The summed E-state index contributed by atoms with van der Waals surface area (Å²) in [6.45, 7) is 7.34. The van der Waals surface area contributed by atoms with Gasteiger partial charge in [0.15, 0.2) is 11.6 Å². The summed E-state index contributed by atoms with van der Waals surface area (Å²) >= 11 is 16.0. The molecule has 0 saturated heterocycles. The fraction of sp³-hybridized carbons (Fsp3) is 0.308. The molecule has 4 aromatic rings. The highest BCUT2D eigenvalue weighted by atomic mass is 35.5. The second-order valence-corrected chi connectivity index (χ2v) is 9.30. The van der Waals surface area contributed by atoms with E-state index in [9.17, 15) is 8.78 Å². The number of nitrogens with one attached hydrogen (secondary N) is 3. The first-order valence-corrected chi connectivity index (χ1v) is 13.8. The van der Waals surface area contributed by atoms with E-state index in [0.29, 0.717) is 34.8 Å². The summed E-state index contributed by atoms with van der Waals surface area (Å²) in [5.74, 6) is 0.780. The molecular formula is C26H31Cl3F2N10O. The summed E-state index contributed by atoms with van der Waals surface area (Å²) in [5, 5.41) is 9.25. The van der Waals surface area contributed by atoms with Crippen LogP contribution in [0.5, 0.6) is 5.75 Å². The third kappa shape index (κ3) is 12.4. The maximum absolute atomic E-state index is 13.8. The van der Waals surface area contributed by atoms with Gasteiger partial charge in [-0.2, -0.15) is 29.9 Å². The normalized spacial score (nSPS) is 10.0. The lowest BCUT2D eigenvalue weighted by Gasteiger charge is -2.11. The Morgan fingerprint density at radius 1 is 0.738 bits per heavy atom. The zero-order valence-electron chi connectivity index (χ0n) is 23.4. The summed E-state index contributed by atoms with van der Waals surface area (Å²) < 4.78 is 31.2. The van der Waals surface area contributed by atoms with E-state index in [4.69, 9.17) is 45.3 Å². The highest BCUT2D eigenvalue weighted by molar-refractivity contribution is 6.33. The molecule has 2 heterocycles. The first kappa shape index (κ1) is 34.4. The van der Waals surface area contributed by atoms with E-state index < -0.39 is 5.82 Å². The standard InChI is InChI=1S/C16H23FN6O.C7H8FN.C3Cl3N3/c1-4-8-18-14-21-15(19-9-5-2)23-16(22-14)20-11-6-7-13(24-3)12(17)10-11;1-5-2-3-6(9)4-7(5)8;4-1-7-2(5)9-3(6)8-1/h6-7,10H,4-5,8-9H2,1-3H3,(H3,18,19,20,21,22,23);2-4H,9H2,1H3;. The van der Waals surface area contributed by atoms with Crippen LogP contribution in [0.4, 0.5) is 38.0 Å². The smallest absolute Gasteiger partial charge is 0.233 e. The van der Waals surface area contributed by atoms with Gasteiger partial charge in [-0.25, -0.2) is 8.78 Å². The first-order chi connectivity index (χ1) is 20.0. The van der Waals surface area contributed by atoms with Crippen molar-refractivity contribution >= 4 is 64.0 Å². The molecule has 0 unspecified atom stereocenters. The van der Waals surface area contributed by atoms with Crippen molar-refractivity contribution < 1.29 is 13.5 Å². The van der Waals surface area contributed by atoms with E-state index in [1.807, 2.05) is 0 Å². The van der Waals surface area contributed by atoms with Crippen LogP contribution in [0.15, 0.2) is 36.4 Å². The summed E-state index contributed by atoms with van der Waals surface area (Å²) in [5.41, 5.74) is 6.92. The molecule has 0 bridgehead atoms. The van der Waals surface area contributed by atoms with Crippen LogP contribution in [-0.4, -0.2) is 50.1 Å². The molecule has 0 aliphatic carbocycles. The molecule has 0 amide bonds. The van der Waals surface area contributed by atoms with Crippen molar-refractivity contribution in [2.75, 3.05) is 41.9 Å². The van der Waals surface area contributed by atoms with Gasteiger partial charge in [0, 0.05) is 30.5 Å². The minimum absolute atomic E-state index is 0.000000000000000444. The number of hydrogen-bond donors (Lipinski definition) is 4. The molecule has 4 rings (SSSR count). The van der Waals surface area contributed by atoms with Gasteiger partial charge in [0.05, 0.1) is 7.11 Å². The van der Waals surface area contributed by atoms with Gasteiger partial charge in [-0.3, -0.25) is 0 Å². The van der Waals surface area contributed by atoms with Gasteiger partial charge < -0.3 is 26.4 Å². The second kappa shape index (κ2) is 17.9. The van der Waals surface area contributed by atoms with Crippen LogP contribution in [0.3, 0.4) is 0 Å².